The van der Waals surface area contributed by atoms with Crippen LogP contribution in [0.25, 0.3) is 0 Å². The minimum atomic E-state index is -4.04. The standard InChI is InChI=1S/C25H23ClN2O3S2/c1-2-15-28(19-8-4-3-5-9-19)33(30,31)24-17-18(12-13-21(24)26)25(29)27-22-14-16-32-23-11-7-6-10-20(22)23/h2-13,17,22H,1,14-16H2,(H,27,29). The van der Waals surface area contributed by atoms with Gasteiger partial charge < -0.3 is 5.32 Å². The predicted octanol–water partition coefficient (Wildman–Crippen LogP) is 5.69. The van der Waals surface area contributed by atoms with Gasteiger partial charge in [0.05, 0.1) is 23.3 Å². The second-order valence-corrected chi connectivity index (χ2v) is 10.9. The van der Waals surface area contributed by atoms with Gasteiger partial charge in [-0.3, -0.25) is 9.10 Å². The van der Waals surface area contributed by atoms with Crippen molar-refractivity contribution < 1.29 is 13.2 Å². The summed E-state index contributed by atoms with van der Waals surface area (Å²) in [6.07, 6.45) is 2.31. The Labute approximate surface area is 203 Å². The first-order valence-electron chi connectivity index (χ1n) is 10.4. The number of nitrogens with zero attached hydrogens (tertiary/aromatic N) is 1. The van der Waals surface area contributed by atoms with Crippen LogP contribution in [0.4, 0.5) is 5.69 Å². The molecule has 1 heterocycles. The summed E-state index contributed by atoms with van der Waals surface area (Å²) < 4.78 is 28.3. The first-order chi connectivity index (χ1) is 15.9. The molecule has 8 heteroatoms. The normalized spacial score (nSPS) is 15.4. The fourth-order valence-electron chi connectivity index (χ4n) is 3.75. The molecule has 1 N–H and O–H groups in total. The Bertz CT molecular complexity index is 1280. The van der Waals surface area contributed by atoms with Crippen molar-refractivity contribution in [3.05, 3.63) is 102 Å². The number of para-hydroxylation sites is 1. The Balaban J connectivity index is 1.65. The van der Waals surface area contributed by atoms with Crippen molar-refractivity contribution in [2.45, 2.75) is 22.3 Å². The number of carbonyl (C=O) groups excluding carboxylic acids is 1. The van der Waals surface area contributed by atoms with Crippen LogP contribution in [0.2, 0.25) is 5.02 Å². The van der Waals surface area contributed by atoms with Crippen molar-refractivity contribution in [2.24, 2.45) is 0 Å². The van der Waals surface area contributed by atoms with Crippen molar-refractivity contribution in [3.8, 4) is 0 Å². The molecular weight excluding hydrogens is 476 g/mol. The van der Waals surface area contributed by atoms with Crippen molar-refractivity contribution in [3.63, 3.8) is 0 Å². The summed E-state index contributed by atoms with van der Waals surface area (Å²) in [4.78, 5) is 14.1. The number of hydrogen-bond donors (Lipinski definition) is 1. The van der Waals surface area contributed by atoms with Gasteiger partial charge in [-0.15, -0.1) is 18.3 Å². The lowest BCUT2D eigenvalue weighted by molar-refractivity contribution is 0.0934. The fraction of sp³-hybridized carbons (Fsp3) is 0.160. The van der Waals surface area contributed by atoms with Crippen LogP contribution in [0.1, 0.15) is 28.4 Å². The molecule has 3 aromatic carbocycles. The summed E-state index contributed by atoms with van der Waals surface area (Å²) in [7, 11) is -4.04. The van der Waals surface area contributed by atoms with E-state index in [9.17, 15) is 13.2 Å². The van der Waals surface area contributed by atoms with E-state index in [-0.39, 0.29) is 34.0 Å². The molecule has 33 heavy (non-hydrogen) atoms. The molecule has 0 fully saturated rings. The number of rotatable bonds is 7. The summed E-state index contributed by atoms with van der Waals surface area (Å²) >= 11 is 8.08. The van der Waals surface area contributed by atoms with E-state index in [4.69, 9.17) is 11.6 Å². The summed E-state index contributed by atoms with van der Waals surface area (Å²) in [6.45, 7) is 3.75. The highest BCUT2D eigenvalue weighted by Gasteiger charge is 2.28. The van der Waals surface area contributed by atoms with Crippen molar-refractivity contribution >= 4 is 45.0 Å². The Hall–Kier alpha value is -2.74. The van der Waals surface area contributed by atoms with Crippen molar-refractivity contribution in [2.75, 3.05) is 16.6 Å². The van der Waals surface area contributed by atoms with Gasteiger partial charge >= 0.3 is 0 Å². The average molecular weight is 499 g/mol. The average Bonchev–Trinajstić information content (AvgIpc) is 2.83. The van der Waals surface area contributed by atoms with Gasteiger partial charge in [0.1, 0.15) is 4.90 Å². The number of sulfonamides is 1. The molecule has 1 unspecified atom stereocenters. The van der Waals surface area contributed by atoms with Crippen molar-refractivity contribution in [1.29, 1.82) is 0 Å². The molecule has 0 aromatic heterocycles. The van der Waals surface area contributed by atoms with Gasteiger partial charge in [-0.25, -0.2) is 8.42 Å². The van der Waals surface area contributed by atoms with Crippen molar-refractivity contribution in [1.82, 2.24) is 5.32 Å². The minimum Gasteiger partial charge on any atom is -0.345 e. The highest BCUT2D eigenvalue weighted by Crippen LogP contribution is 2.36. The lowest BCUT2D eigenvalue weighted by Gasteiger charge is -2.26. The zero-order valence-corrected chi connectivity index (χ0v) is 20.2. The lowest BCUT2D eigenvalue weighted by atomic mass is 10.0. The monoisotopic (exact) mass is 498 g/mol. The van der Waals surface area contributed by atoms with E-state index in [1.165, 1.54) is 22.5 Å². The zero-order chi connectivity index (χ0) is 23.4. The molecule has 5 nitrogen and oxygen atoms in total. The van der Waals surface area contributed by atoms with Crippen LogP contribution in [0.3, 0.4) is 0 Å². The van der Waals surface area contributed by atoms with Gasteiger partial charge in [0.2, 0.25) is 0 Å². The van der Waals surface area contributed by atoms with Crippen LogP contribution in [0.5, 0.6) is 0 Å². The quantitative estimate of drug-likeness (QED) is 0.425. The van der Waals surface area contributed by atoms with Gasteiger partial charge in [-0.1, -0.05) is 54.1 Å². The molecule has 0 saturated heterocycles. The number of fused-ring (bicyclic) bond motifs is 1. The Kier molecular flexibility index (Phi) is 7.12. The maximum Gasteiger partial charge on any atom is 0.266 e. The highest BCUT2D eigenvalue weighted by atomic mass is 35.5. The minimum absolute atomic E-state index is 0.0518. The summed E-state index contributed by atoms with van der Waals surface area (Å²) in [5.74, 6) is 0.556. The third kappa shape index (κ3) is 4.95. The molecule has 0 bridgehead atoms. The van der Waals surface area contributed by atoms with Crippen LogP contribution in [0.15, 0.2) is 95.2 Å². The molecule has 0 spiro atoms. The third-order valence-electron chi connectivity index (χ3n) is 5.36. The van der Waals surface area contributed by atoms with Gasteiger partial charge in [-0.2, -0.15) is 0 Å². The smallest absolute Gasteiger partial charge is 0.266 e. The van der Waals surface area contributed by atoms with Crippen LogP contribution >= 0.6 is 23.4 Å². The van der Waals surface area contributed by atoms with Gasteiger partial charge in [0.15, 0.2) is 0 Å². The lowest BCUT2D eigenvalue weighted by Crippen LogP contribution is -2.32. The SMILES string of the molecule is C=CCN(c1ccccc1)S(=O)(=O)c1cc(C(=O)NC2CCSc3ccccc32)ccc1Cl. The highest BCUT2D eigenvalue weighted by molar-refractivity contribution is 7.99. The van der Waals surface area contributed by atoms with E-state index in [1.54, 1.807) is 42.1 Å². The molecular formula is C25H23ClN2O3S2. The predicted molar refractivity (Wildman–Crippen MR) is 135 cm³/mol. The van der Waals surface area contributed by atoms with E-state index < -0.39 is 10.0 Å². The molecule has 0 saturated carbocycles. The van der Waals surface area contributed by atoms with E-state index >= 15 is 0 Å². The molecule has 1 aliphatic heterocycles. The van der Waals surface area contributed by atoms with Crippen LogP contribution in [-0.2, 0) is 10.0 Å². The molecule has 1 aliphatic rings. The second kappa shape index (κ2) is 10.0. The number of amides is 1. The Morgan fingerprint density at radius 3 is 2.61 bits per heavy atom. The molecule has 170 valence electrons. The van der Waals surface area contributed by atoms with Crippen LogP contribution in [-0.4, -0.2) is 26.6 Å². The van der Waals surface area contributed by atoms with Crippen LogP contribution in [0, 0.1) is 0 Å². The Morgan fingerprint density at radius 1 is 1.12 bits per heavy atom. The number of halogens is 1. The molecule has 1 amide bonds. The summed E-state index contributed by atoms with van der Waals surface area (Å²) in [5.41, 5.74) is 1.80. The van der Waals surface area contributed by atoms with E-state index in [2.05, 4.69) is 11.9 Å². The van der Waals surface area contributed by atoms with E-state index in [1.807, 2.05) is 30.3 Å². The molecule has 3 aromatic rings. The number of anilines is 1. The third-order valence-corrected chi connectivity index (χ3v) is 8.76. The summed E-state index contributed by atoms with van der Waals surface area (Å²) in [5, 5.41) is 3.11. The number of nitrogens with one attached hydrogen (secondary N) is 1. The number of hydrogen-bond acceptors (Lipinski definition) is 4. The number of thioether (sulfide) groups is 1. The zero-order valence-electron chi connectivity index (χ0n) is 17.8. The van der Waals surface area contributed by atoms with Gasteiger partial charge in [0.25, 0.3) is 15.9 Å². The number of benzene rings is 3. The maximum atomic E-state index is 13.5. The maximum absolute atomic E-state index is 13.5. The topological polar surface area (TPSA) is 66.5 Å². The molecule has 1 atom stereocenters. The fourth-order valence-corrected chi connectivity index (χ4v) is 6.81. The summed E-state index contributed by atoms with van der Waals surface area (Å²) in [6, 6.07) is 20.9. The van der Waals surface area contributed by atoms with Gasteiger partial charge in [-0.05, 0) is 48.4 Å². The van der Waals surface area contributed by atoms with E-state index in [0.717, 1.165) is 22.6 Å². The number of carbonyl (C=O) groups is 1. The van der Waals surface area contributed by atoms with E-state index in [0.29, 0.717) is 5.69 Å². The van der Waals surface area contributed by atoms with Crippen LogP contribution < -0.4 is 9.62 Å². The largest absolute Gasteiger partial charge is 0.345 e. The first-order valence-corrected chi connectivity index (χ1v) is 13.2. The molecule has 0 aliphatic carbocycles. The molecule has 4 rings (SSSR count). The Morgan fingerprint density at radius 2 is 1.85 bits per heavy atom. The van der Waals surface area contributed by atoms with Gasteiger partial charge in [0, 0.05) is 16.2 Å². The first kappa shape index (κ1) is 23.4. The molecule has 0 radical (unpaired) electrons. The second-order valence-electron chi connectivity index (χ2n) is 7.51.